The molecule has 0 aromatic carbocycles. The maximum absolute atomic E-state index is 3.35. The standard InChI is InChI=1S/2C11H19Si.2CH3.2ClH.Hf.H2Si/c2*1-9(2)10-6-7-11(8-10)12(3,4)5;;;;;;/h2*8-9H,6H2,1-5H3;2*1H3;2*1H;;1H2. The van der Waals surface area contributed by atoms with Crippen LogP contribution in [-0.2, 0) is 17.1 Å². The van der Waals surface area contributed by atoms with E-state index in [2.05, 4.69) is 95.4 Å². The van der Waals surface area contributed by atoms with Gasteiger partial charge in [0.15, 0.2) is 0 Å². The predicted molar refractivity (Wildman–Crippen MR) is 151 cm³/mol. The molecule has 0 bridgehead atoms. The van der Waals surface area contributed by atoms with Gasteiger partial charge in [0.1, 0.15) is 0 Å². The van der Waals surface area contributed by atoms with Gasteiger partial charge in [-0.2, -0.15) is 0 Å². The minimum atomic E-state index is -3.35. The minimum absolute atomic E-state index is 0. The molecule has 2 aliphatic rings. The first-order valence-electron chi connectivity index (χ1n) is 11.3. The van der Waals surface area contributed by atoms with Crippen LogP contribution in [0, 0.1) is 11.8 Å². The molecule has 0 aromatic rings. The van der Waals surface area contributed by atoms with Crippen molar-refractivity contribution in [3.8, 4) is 0 Å². The Kier molecular flexibility index (Phi) is 10.1. The molecule has 0 saturated heterocycles. The van der Waals surface area contributed by atoms with E-state index in [0.29, 0.717) is 11.8 Å². The van der Waals surface area contributed by atoms with E-state index in [4.69, 9.17) is 0 Å². The van der Waals surface area contributed by atoms with Crippen LogP contribution in [0.4, 0.5) is 0 Å². The first-order valence-corrected chi connectivity index (χ1v) is 37.4. The van der Waals surface area contributed by atoms with Crippen molar-refractivity contribution in [2.75, 3.05) is 0 Å². The summed E-state index contributed by atoms with van der Waals surface area (Å²) in [6.45, 7) is 27.5. The molecule has 2 rings (SSSR count). The summed E-state index contributed by atoms with van der Waals surface area (Å²) in [6.07, 6.45) is 7.90. The SMILES string of the molecule is CC(C)C1=CC([Si](C)(C)C)=[C]([Hf]([CH3])([CH3])(=[SiH2])[C]2=C([Si](C)(C)C)C=C(C(C)C)C2)C1.Cl.Cl. The number of allylic oxidation sites excluding steroid dienone is 8. The van der Waals surface area contributed by atoms with Gasteiger partial charge in [-0.1, -0.05) is 0 Å². The van der Waals surface area contributed by atoms with Gasteiger partial charge in [0.25, 0.3) is 0 Å². The zero-order valence-corrected chi connectivity index (χ0v) is 30.4. The maximum atomic E-state index is 2.79. The van der Waals surface area contributed by atoms with Crippen molar-refractivity contribution in [2.24, 2.45) is 11.8 Å². The Morgan fingerprint density at radius 2 is 0.967 bits per heavy atom. The van der Waals surface area contributed by atoms with Crippen molar-refractivity contribution in [1.29, 1.82) is 0 Å². The van der Waals surface area contributed by atoms with Crippen LogP contribution < -0.4 is 0 Å². The Labute approximate surface area is 204 Å². The van der Waals surface area contributed by atoms with Gasteiger partial charge in [0, 0.05) is 0 Å². The van der Waals surface area contributed by atoms with Crippen LogP contribution >= 0.6 is 24.8 Å². The van der Waals surface area contributed by atoms with E-state index in [1.165, 1.54) is 12.8 Å². The molecule has 0 atom stereocenters. The Morgan fingerprint density at radius 3 is 1.17 bits per heavy atom. The van der Waals surface area contributed by atoms with Crippen LogP contribution in [0.3, 0.4) is 0 Å². The van der Waals surface area contributed by atoms with Crippen molar-refractivity contribution >= 4 is 47.9 Å². The van der Waals surface area contributed by atoms with Gasteiger partial charge < -0.3 is 0 Å². The van der Waals surface area contributed by atoms with Gasteiger partial charge in [-0.05, 0) is 0 Å². The van der Waals surface area contributed by atoms with Gasteiger partial charge >= 0.3 is 182 Å². The Morgan fingerprint density at radius 1 is 0.700 bits per heavy atom. The summed E-state index contributed by atoms with van der Waals surface area (Å²) >= 11 is -3.35. The van der Waals surface area contributed by atoms with Crippen LogP contribution in [0.1, 0.15) is 40.5 Å². The summed E-state index contributed by atoms with van der Waals surface area (Å²) in [5.41, 5.74) is 3.41. The molecule has 0 aliphatic heterocycles. The van der Waals surface area contributed by atoms with Crippen molar-refractivity contribution < 1.29 is 17.1 Å². The molecule has 2 aliphatic carbocycles. The number of rotatable bonds is 6. The first kappa shape index (κ1) is 31.1. The third-order valence-electron chi connectivity index (χ3n) is 7.11. The molecule has 0 spiro atoms. The monoisotopic (exact) mass is 670 g/mol. The van der Waals surface area contributed by atoms with Crippen molar-refractivity contribution in [3.05, 3.63) is 40.4 Å². The third kappa shape index (κ3) is 6.14. The summed E-state index contributed by atoms with van der Waals surface area (Å²) in [6, 6.07) is 0. The summed E-state index contributed by atoms with van der Waals surface area (Å²) < 4.78 is 9.49. The van der Waals surface area contributed by atoms with E-state index >= 15 is 0 Å². The van der Waals surface area contributed by atoms with Crippen LogP contribution in [0.5, 0.6) is 0 Å². The molecule has 0 unspecified atom stereocenters. The van der Waals surface area contributed by atoms with Gasteiger partial charge in [0.05, 0.1) is 0 Å². The maximum Gasteiger partial charge on any atom is -0.147 e. The number of hydrogen-bond donors (Lipinski definition) is 0. The zero-order chi connectivity index (χ0) is 21.9. The Bertz CT molecular complexity index is 801. The van der Waals surface area contributed by atoms with E-state index in [-0.39, 0.29) is 24.8 Å². The molecule has 0 heterocycles. The van der Waals surface area contributed by atoms with Gasteiger partial charge in [-0.15, -0.1) is 24.8 Å². The topological polar surface area (TPSA) is 0 Å². The number of hydrogen-bond acceptors (Lipinski definition) is 0. The fraction of sp³-hybridized carbons (Fsp3) is 0.667. The molecule has 0 radical (unpaired) electrons. The van der Waals surface area contributed by atoms with Crippen LogP contribution in [0.25, 0.3) is 0 Å². The molecule has 0 nitrogen and oxygen atoms in total. The molecular weight excluding hydrogens is 622 g/mol. The molecular formula is C24H48Cl2HfSi3. The van der Waals surface area contributed by atoms with E-state index in [1.54, 1.807) is 11.1 Å². The zero-order valence-electron chi connectivity index (χ0n) is 21.7. The molecule has 174 valence electrons. The summed E-state index contributed by atoms with van der Waals surface area (Å²) in [5.74, 6) is 1.36. The fourth-order valence-corrected chi connectivity index (χ4v) is 44.4. The van der Waals surface area contributed by atoms with E-state index in [0.717, 1.165) is 0 Å². The van der Waals surface area contributed by atoms with Gasteiger partial charge in [-0.25, -0.2) is 0 Å². The van der Waals surface area contributed by atoms with E-state index in [1.807, 2.05) is 17.1 Å². The fourth-order valence-electron chi connectivity index (χ4n) is 4.94. The minimum Gasteiger partial charge on any atom is -0.147 e. The van der Waals surface area contributed by atoms with E-state index in [9.17, 15) is 0 Å². The molecule has 0 saturated carbocycles. The molecule has 0 N–H and O–H groups in total. The Balaban J connectivity index is 0.00000420. The predicted octanol–water partition coefficient (Wildman–Crippen LogP) is 8.40. The van der Waals surface area contributed by atoms with Crippen molar-refractivity contribution in [1.82, 2.24) is 0 Å². The third-order valence-corrected chi connectivity index (χ3v) is 37.1. The summed E-state index contributed by atoms with van der Waals surface area (Å²) in [4.78, 5) is 0. The molecule has 6 heteroatoms. The van der Waals surface area contributed by atoms with Crippen molar-refractivity contribution in [2.45, 2.75) is 89.2 Å². The second-order valence-electron chi connectivity index (χ2n) is 13.1. The average molecular weight is 670 g/mol. The molecule has 0 amide bonds. The largest absolute Gasteiger partial charge is 0.147 e. The first-order chi connectivity index (χ1) is 12.3. The quantitative estimate of drug-likeness (QED) is 0.249. The molecule has 30 heavy (non-hydrogen) atoms. The normalized spacial score (nSPS) is 18.6. The number of halogens is 2. The van der Waals surface area contributed by atoms with Crippen LogP contribution in [0.15, 0.2) is 40.4 Å². The molecule has 0 aromatic heterocycles. The second kappa shape index (κ2) is 9.74. The summed E-state index contributed by atoms with van der Waals surface area (Å²) in [5, 5.41) is 3.65. The van der Waals surface area contributed by atoms with Gasteiger partial charge in [0.2, 0.25) is 0 Å². The summed E-state index contributed by atoms with van der Waals surface area (Å²) in [7, 11) is -2.71. The van der Waals surface area contributed by atoms with Crippen LogP contribution in [-0.4, -0.2) is 23.1 Å². The average Bonchev–Trinajstić information content (AvgIpc) is 3.12. The van der Waals surface area contributed by atoms with Crippen LogP contribution in [0.2, 0.25) is 48.6 Å². The Hall–Kier alpha value is 1.06. The molecule has 0 fully saturated rings. The van der Waals surface area contributed by atoms with Gasteiger partial charge in [-0.3, -0.25) is 0 Å². The smallest absolute Gasteiger partial charge is 0.147 e. The second-order valence-corrected chi connectivity index (χ2v) is 64.1. The van der Waals surface area contributed by atoms with E-state index < -0.39 is 33.3 Å². The van der Waals surface area contributed by atoms with Crippen molar-refractivity contribution in [3.63, 3.8) is 0 Å².